The summed E-state index contributed by atoms with van der Waals surface area (Å²) in [4.78, 5) is 0. The van der Waals surface area contributed by atoms with Crippen LogP contribution < -0.4 is 14.8 Å². The molecular weight excluding hydrogens is 214 g/mol. The molecule has 94 valence electrons. The van der Waals surface area contributed by atoms with Gasteiger partial charge < -0.3 is 14.8 Å². The number of fused-ring (bicyclic) bond motifs is 1. The normalized spacial score (nSPS) is 15.3. The Morgan fingerprint density at radius 1 is 1.18 bits per heavy atom. The maximum atomic E-state index is 5.40. The van der Waals surface area contributed by atoms with Crippen LogP contribution in [0.3, 0.4) is 0 Å². The third-order valence-electron chi connectivity index (χ3n) is 3.37. The second-order valence-corrected chi connectivity index (χ2v) is 4.51. The molecule has 1 aliphatic heterocycles. The van der Waals surface area contributed by atoms with E-state index in [-0.39, 0.29) is 0 Å². The van der Waals surface area contributed by atoms with Crippen molar-refractivity contribution in [3.63, 3.8) is 0 Å². The highest BCUT2D eigenvalue weighted by molar-refractivity contribution is 5.45. The highest BCUT2D eigenvalue weighted by Crippen LogP contribution is 2.34. The van der Waals surface area contributed by atoms with Crippen LogP contribution in [-0.4, -0.2) is 12.8 Å². The van der Waals surface area contributed by atoms with Gasteiger partial charge in [0, 0.05) is 12.1 Å². The molecule has 1 aliphatic rings. The van der Waals surface area contributed by atoms with E-state index < -0.39 is 0 Å². The van der Waals surface area contributed by atoms with Crippen LogP contribution in [0.5, 0.6) is 11.5 Å². The van der Waals surface area contributed by atoms with E-state index in [0.29, 0.717) is 18.9 Å². The quantitative estimate of drug-likeness (QED) is 0.849. The van der Waals surface area contributed by atoms with Gasteiger partial charge in [-0.2, -0.15) is 0 Å². The molecular formula is C14H21NO2. The molecule has 0 spiro atoms. The van der Waals surface area contributed by atoms with Crippen molar-refractivity contribution >= 4 is 0 Å². The Bertz CT molecular complexity index is 374. The fourth-order valence-corrected chi connectivity index (χ4v) is 2.16. The molecule has 1 heterocycles. The predicted molar refractivity (Wildman–Crippen MR) is 68.5 cm³/mol. The van der Waals surface area contributed by atoms with Gasteiger partial charge in [0.25, 0.3) is 0 Å². The highest BCUT2D eigenvalue weighted by Gasteiger charge is 2.16. The molecule has 3 nitrogen and oxygen atoms in total. The average molecular weight is 235 g/mol. The molecule has 3 heteroatoms. The smallest absolute Gasteiger partial charge is 0.231 e. The fourth-order valence-electron chi connectivity index (χ4n) is 2.16. The second-order valence-electron chi connectivity index (χ2n) is 4.51. The van der Waals surface area contributed by atoms with Gasteiger partial charge in [-0.15, -0.1) is 0 Å². The van der Waals surface area contributed by atoms with Crippen molar-refractivity contribution in [3.8, 4) is 11.5 Å². The minimum absolute atomic E-state index is 0.340. The highest BCUT2D eigenvalue weighted by atomic mass is 16.7. The largest absolute Gasteiger partial charge is 0.454 e. The van der Waals surface area contributed by atoms with E-state index in [2.05, 4.69) is 38.2 Å². The van der Waals surface area contributed by atoms with Crippen LogP contribution in [0.1, 0.15) is 45.2 Å². The maximum absolute atomic E-state index is 5.40. The van der Waals surface area contributed by atoms with Crippen molar-refractivity contribution in [2.45, 2.75) is 45.7 Å². The van der Waals surface area contributed by atoms with E-state index in [0.717, 1.165) is 24.3 Å². The van der Waals surface area contributed by atoms with Crippen LogP contribution in [0.2, 0.25) is 0 Å². The Balaban J connectivity index is 2.06. The Morgan fingerprint density at radius 3 is 2.59 bits per heavy atom. The minimum atomic E-state index is 0.340. The van der Waals surface area contributed by atoms with Gasteiger partial charge in [-0.05, 0) is 37.5 Å². The van der Waals surface area contributed by atoms with E-state index in [1.54, 1.807) is 0 Å². The Labute approximate surface area is 103 Å². The summed E-state index contributed by atoms with van der Waals surface area (Å²) in [6.07, 6.45) is 2.32. The standard InChI is InChI=1S/C14H21NO2/c1-4-12(5-2)15-10(3)11-6-7-13-14(8-11)17-9-16-13/h6-8,10,12,15H,4-5,9H2,1-3H3. The van der Waals surface area contributed by atoms with Gasteiger partial charge in [-0.1, -0.05) is 19.9 Å². The number of hydrogen-bond acceptors (Lipinski definition) is 3. The summed E-state index contributed by atoms with van der Waals surface area (Å²) in [5.74, 6) is 1.71. The van der Waals surface area contributed by atoms with Gasteiger partial charge in [-0.25, -0.2) is 0 Å². The van der Waals surface area contributed by atoms with E-state index in [1.165, 1.54) is 5.56 Å². The van der Waals surface area contributed by atoms with Crippen molar-refractivity contribution in [3.05, 3.63) is 23.8 Å². The molecule has 0 aromatic heterocycles. The number of hydrogen-bond donors (Lipinski definition) is 1. The van der Waals surface area contributed by atoms with Gasteiger partial charge in [0.15, 0.2) is 11.5 Å². The molecule has 0 radical (unpaired) electrons. The summed E-state index contributed by atoms with van der Waals surface area (Å²) in [5.41, 5.74) is 1.25. The zero-order valence-corrected chi connectivity index (χ0v) is 10.8. The van der Waals surface area contributed by atoms with Gasteiger partial charge in [0.05, 0.1) is 0 Å². The average Bonchev–Trinajstić information content (AvgIpc) is 2.82. The van der Waals surface area contributed by atoms with Gasteiger partial charge >= 0.3 is 0 Å². The molecule has 0 fully saturated rings. The number of rotatable bonds is 5. The van der Waals surface area contributed by atoms with Gasteiger partial charge in [-0.3, -0.25) is 0 Å². The molecule has 2 rings (SSSR count). The summed E-state index contributed by atoms with van der Waals surface area (Å²) >= 11 is 0. The minimum Gasteiger partial charge on any atom is -0.454 e. The lowest BCUT2D eigenvalue weighted by Gasteiger charge is -2.21. The second kappa shape index (κ2) is 5.41. The Kier molecular flexibility index (Phi) is 3.89. The zero-order valence-electron chi connectivity index (χ0n) is 10.8. The third kappa shape index (κ3) is 2.72. The summed E-state index contributed by atoms with van der Waals surface area (Å²) in [5, 5.41) is 3.63. The number of ether oxygens (including phenoxy) is 2. The van der Waals surface area contributed by atoms with E-state index in [1.807, 2.05) is 6.07 Å². The third-order valence-corrected chi connectivity index (χ3v) is 3.37. The molecule has 0 saturated heterocycles. The van der Waals surface area contributed by atoms with E-state index in [9.17, 15) is 0 Å². The molecule has 0 saturated carbocycles. The number of nitrogens with one attached hydrogen (secondary N) is 1. The van der Waals surface area contributed by atoms with Gasteiger partial charge in [0.2, 0.25) is 6.79 Å². The lowest BCUT2D eigenvalue weighted by molar-refractivity contribution is 0.174. The summed E-state index contributed by atoms with van der Waals surface area (Å²) < 4.78 is 10.7. The summed E-state index contributed by atoms with van der Waals surface area (Å²) in [6.45, 7) is 6.96. The molecule has 0 amide bonds. The summed E-state index contributed by atoms with van der Waals surface area (Å²) in [6, 6.07) is 7.09. The van der Waals surface area contributed by atoms with Crippen LogP contribution in [0.4, 0.5) is 0 Å². The van der Waals surface area contributed by atoms with Crippen LogP contribution in [-0.2, 0) is 0 Å². The van der Waals surface area contributed by atoms with E-state index >= 15 is 0 Å². The topological polar surface area (TPSA) is 30.5 Å². The van der Waals surface area contributed by atoms with Crippen LogP contribution in [0.25, 0.3) is 0 Å². The first-order valence-electron chi connectivity index (χ1n) is 6.40. The molecule has 0 bridgehead atoms. The summed E-state index contributed by atoms with van der Waals surface area (Å²) in [7, 11) is 0. The first-order valence-corrected chi connectivity index (χ1v) is 6.40. The maximum Gasteiger partial charge on any atom is 0.231 e. The predicted octanol–water partition coefficient (Wildman–Crippen LogP) is 3.25. The molecule has 17 heavy (non-hydrogen) atoms. The van der Waals surface area contributed by atoms with Crippen LogP contribution in [0, 0.1) is 0 Å². The molecule has 0 aliphatic carbocycles. The number of benzene rings is 1. The first kappa shape index (κ1) is 12.2. The van der Waals surface area contributed by atoms with Crippen molar-refractivity contribution in [2.75, 3.05) is 6.79 Å². The Morgan fingerprint density at radius 2 is 1.88 bits per heavy atom. The monoisotopic (exact) mass is 235 g/mol. The van der Waals surface area contributed by atoms with Gasteiger partial charge in [0.1, 0.15) is 0 Å². The molecule has 1 atom stereocenters. The first-order chi connectivity index (χ1) is 8.24. The van der Waals surface area contributed by atoms with Crippen LogP contribution >= 0.6 is 0 Å². The SMILES string of the molecule is CCC(CC)NC(C)c1ccc2c(c1)OCO2. The zero-order chi connectivity index (χ0) is 12.3. The van der Waals surface area contributed by atoms with Crippen molar-refractivity contribution in [1.29, 1.82) is 0 Å². The lowest BCUT2D eigenvalue weighted by atomic mass is 10.0. The lowest BCUT2D eigenvalue weighted by Crippen LogP contribution is -2.30. The molecule has 1 N–H and O–H groups in total. The van der Waals surface area contributed by atoms with Crippen molar-refractivity contribution in [2.24, 2.45) is 0 Å². The van der Waals surface area contributed by atoms with E-state index in [4.69, 9.17) is 9.47 Å². The fraction of sp³-hybridized carbons (Fsp3) is 0.571. The molecule has 1 aromatic rings. The molecule has 1 unspecified atom stereocenters. The van der Waals surface area contributed by atoms with Crippen molar-refractivity contribution in [1.82, 2.24) is 5.32 Å². The van der Waals surface area contributed by atoms with Crippen molar-refractivity contribution < 1.29 is 9.47 Å². The Hall–Kier alpha value is -1.22. The molecule has 1 aromatic carbocycles. The van der Waals surface area contributed by atoms with Crippen LogP contribution in [0.15, 0.2) is 18.2 Å².